The highest BCUT2D eigenvalue weighted by atomic mass is 16.5. The Morgan fingerprint density at radius 3 is 2.74 bits per heavy atom. The number of carbonyl (C=O) groups is 2. The summed E-state index contributed by atoms with van der Waals surface area (Å²) in [6.07, 6.45) is 7.33. The number of likely N-dealkylation sites (tertiary alicyclic amines) is 1. The van der Waals surface area contributed by atoms with Crippen molar-refractivity contribution in [2.45, 2.75) is 32.7 Å². The van der Waals surface area contributed by atoms with Gasteiger partial charge in [-0.05, 0) is 32.4 Å². The van der Waals surface area contributed by atoms with E-state index in [2.05, 4.69) is 13.0 Å². The minimum atomic E-state index is -0.118. The molecule has 3 atom stereocenters. The average Bonchev–Trinajstić information content (AvgIpc) is 2.80. The molecule has 1 fully saturated rings. The molecule has 4 heteroatoms. The predicted molar refractivity (Wildman–Crippen MR) is 72.3 cm³/mol. The largest absolute Gasteiger partial charge is 0.497 e. The fraction of sp³-hybridized carbons (Fsp3) is 0.600. The van der Waals surface area contributed by atoms with Gasteiger partial charge in [0.05, 0.1) is 7.11 Å². The van der Waals surface area contributed by atoms with Crippen molar-refractivity contribution in [3.05, 3.63) is 24.0 Å². The van der Waals surface area contributed by atoms with Gasteiger partial charge in [-0.2, -0.15) is 0 Å². The van der Waals surface area contributed by atoms with E-state index in [1.54, 1.807) is 14.0 Å². The monoisotopic (exact) mass is 263 g/mol. The van der Waals surface area contributed by atoms with Crippen molar-refractivity contribution in [3.63, 3.8) is 0 Å². The predicted octanol–water partition coefficient (Wildman–Crippen LogP) is 1.92. The molecule has 1 saturated heterocycles. The van der Waals surface area contributed by atoms with Crippen molar-refractivity contribution in [3.8, 4) is 0 Å². The number of ether oxygens (including phenoxy) is 1. The second-order valence-corrected chi connectivity index (χ2v) is 5.37. The number of amides is 1. The zero-order valence-corrected chi connectivity index (χ0v) is 11.8. The highest BCUT2D eigenvalue weighted by Gasteiger charge is 2.36. The maximum Gasteiger partial charge on any atom is 0.223 e. The number of rotatable bonds is 4. The first-order chi connectivity index (χ1) is 9.02. The molecule has 4 nitrogen and oxygen atoms in total. The van der Waals surface area contributed by atoms with Crippen molar-refractivity contribution < 1.29 is 14.3 Å². The topological polar surface area (TPSA) is 46.6 Å². The van der Waals surface area contributed by atoms with E-state index in [1.807, 2.05) is 17.1 Å². The maximum absolute atomic E-state index is 12.0. The summed E-state index contributed by atoms with van der Waals surface area (Å²) in [6, 6.07) is 0.128. The zero-order valence-electron chi connectivity index (χ0n) is 11.8. The van der Waals surface area contributed by atoms with Crippen LogP contribution in [0.15, 0.2) is 24.0 Å². The van der Waals surface area contributed by atoms with Crippen LogP contribution in [0.25, 0.3) is 0 Å². The lowest BCUT2D eigenvalue weighted by Crippen LogP contribution is -2.39. The van der Waals surface area contributed by atoms with Crippen molar-refractivity contribution in [1.82, 2.24) is 4.90 Å². The quantitative estimate of drug-likeness (QED) is 0.778. The first-order valence-corrected chi connectivity index (χ1v) is 6.75. The van der Waals surface area contributed by atoms with Gasteiger partial charge in [-0.25, -0.2) is 0 Å². The molecular formula is C15H21NO3. The van der Waals surface area contributed by atoms with Crippen LogP contribution in [0.1, 0.15) is 26.7 Å². The molecular weight excluding hydrogens is 242 g/mol. The van der Waals surface area contributed by atoms with Gasteiger partial charge in [-0.15, -0.1) is 0 Å². The van der Waals surface area contributed by atoms with Crippen LogP contribution >= 0.6 is 0 Å². The van der Waals surface area contributed by atoms with Crippen LogP contribution in [0.3, 0.4) is 0 Å². The smallest absolute Gasteiger partial charge is 0.223 e. The highest BCUT2D eigenvalue weighted by molar-refractivity contribution is 5.89. The van der Waals surface area contributed by atoms with Crippen LogP contribution in [0, 0.1) is 11.8 Å². The molecule has 0 saturated carbocycles. The summed E-state index contributed by atoms with van der Waals surface area (Å²) in [4.78, 5) is 25.3. The van der Waals surface area contributed by atoms with Gasteiger partial charge in [0, 0.05) is 30.8 Å². The lowest BCUT2D eigenvalue weighted by atomic mass is 9.92. The second-order valence-electron chi connectivity index (χ2n) is 5.37. The molecule has 0 N–H and O–H groups in total. The Labute approximate surface area is 114 Å². The molecule has 19 heavy (non-hydrogen) atoms. The third kappa shape index (κ3) is 2.88. The van der Waals surface area contributed by atoms with Crippen LogP contribution in [-0.2, 0) is 14.3 Å². The van der Waals surface area contributed by atoms with Crippen molar-refractivity contribution in [2.75, 3.05) is 13.7 Å². The molecule has 104 valence electrons. The second kappa shape index (κ2) is 5.59. The molecule has 1 amide bonds. The summed E-state index contributed by atoms with van der Waals surface area (Å²) in [6.45, 7) is 4.20. The van der Waals surface area contributed by atoms with Crippen LogP contribution < -0.4 is 0 Å². The Morgan fingerprint density at radius 2 is 2.26 bits per heavy atom. The van der Waals surface area contributed by atoms with Gasteiger partial charge in [0.1, 0.15) is 11.5 Å². The number of Topliss-reactive ketones (excluding diaryl/α,β-unsaturated/α-hetero) is 1. The van der Waals surface area contributed by atoms with E-state index in [0.717, 1.165) is 12.2 Å². The van der Waals surface area contributed by atoms with Crippen molar-refractivity contribution in [2.24, 2.45) is 11.8 Å². The van der Waals surface area contributed by atoms with E-state index < -0.39 is 0 Å². The van der Waals surface area contributed by atoms with Gasteiger partial charge in [-0.1, -0.05) is 6.08 Å². The normalized spacial score (nSPS) is 28.3. The molecule has 2 rings (SSSR count). The first-order valence-electron chi connectivity index (χ1n) is 6.75. The fourth-order valence-electron chi connectivity index (χ4n) is 2.76. The molecule has 2 aliphatic rings. The number of ketones is 1. The van der Waals surface area contributed by atoms with E-state index in [-0.39, 0.29) is 23.7 Å². The van der Waals surface area contributed by atoms with Gasteiger partial charge in [-0.3, -0.25) is 9.59 Å². The lowest BCUT2D eigenvalue weighted by molar-refractivity contribution is -0.130. The van der Waals surface area contributed by atoms with Crippen LogP contribution in [0.5, 0.6) is 0 Å². The van der Waals surface area contributed by atoms with E-state index in [0.29, 0.717) is 18.9 Å². The van der Waals surface area contributed by atoms with E-state index >= 15 is 0 Å². The number of carbonyl (C=O) groups excluding carboxylic acids is 2. The molecule has 0 spiro atoms. The van der Waals surface area contributed by atoms with E-state index in [1.165, 1.54) is 0 Å². The number of methoxy groups -OCH3 is 1. The summed E-state index contributed by atoms with van der Waals surface area (Å²) in [7, 11) is 1.65. The molecule has 0 aromatic heterocycles. The highest BCUT2D eigenvalue weighted by Crippen LogP contribution is 2.28. The Bertz CT molecular complexity index is 439. The third-order valence-electron chi connectivity index (χ3n) is 4.18. The number of allylic oxidation sites excluding steroid dienone is 2. The van der Waals surface area contributed by atoms with Crippen LogP contribution in [0.4, 0.5) is 0 Å². The Morgan fingerprint density at radius 1 is 1.53 bits per heavy atom. The Kier molecular flexibility index (Phi) is 4.08. The Hall–Kier alpha value is -1.58. The molecule has 0 aromatic rings. The third-order valence-corrected chi connectivity index (χ3v) is 4.18. The molecule has 1 heterocycles. The fourth-order valence-corrected chi connectivity index (χ4v) is 2.76. The maximum atomic E-state index is 12.0. The summed E-state index contributed by atoms with van der Waals surface area (Å²) in [5.41, 5.74) is 0. The molecule has 3 unspecified atom stereocenters. The van der Waals surface area contributed by atoms with Gasteiger partial charge in [0.2, 0.25) is 5.91 Å². The average molecular weight is 263 g/mol. The van der Waals surface area contributed by atoms with E-state index in [9.17, 15) is 9.59 Å². The molecule has 0 bridgehead atoms. The first kappa shape index (κ1) is 13.8. The summed E-state index contributed by atoms with van der Waals surface area (Å²) >= 11 is 0. The van der Waals surface area contributed by atoms with Crippen LogP contribution in [0.2, 0.25) is 0 Å². The SMILES string of the molecule is COC1=CCC(C(C)N2CC(C(C)=O)CC2=O)C=C1. The van der Waals surface area contributed by atoms with Gasteiger partial charge >= 0.3 is 0 Å². The van der Waals surface area contributed by atoms with Crippen LogP contribution in [-0.4, -0.2) is 36.3 Å². The minimum absolute atomic E-state index is 0.0996. The molecule has 1 aliphatic heterocycles. The van der Waals surface area contributed by atoms with Gasteiger partial charge in [0.15, 0.2) is 0 Å². The van der Waals surface area contributed by atoms with Crippen molar-refractivity contribution >= 4 is 11.7 Å². The molecule has 0 radical (unpaired) electrons. The summed E-state index contributed by atoms with van der Waals surface area (Å²) in [5.74, 6) is 1.27. The van der Waals surface area contributed by atoms with Gasteiger partial charge in [0.25, 0.3) is 0 Å². The van der Waals surface area contributed by atoms with Crippen molar-refractivity contribution in [1.29, 1.82) is 0 Å². The molecule has 0 aromatic carbocycles. The molecule has 1 aliphatic carbocycles. The summed E-state index contributed by atoms with van der Waals surface area (Å²) < 4.78 is 5.16. The number of hydrogen-bond donors (Lipinski definition) is 0. The minimum Gasteiger partial charge on any atom is -0.497 e. The number of nitrogens with zero attached hydrogens (tertiary/aromatic N) is 1. The number of hydrogen-bond acceptors (Lipinski definition) is 3. The summed E-state index contributed by atoms with van der Waals surface area (Å²) in [5, 5.41) is 0. The van der Waals surface area contributed by atoms with E-state index in [4.69, 9.17) is 4.74 Å². The standard InChI is InChI=1S/C15H21NO3/c1-10(12-4-6-14(19-3)7-5-12)16-9-13(11(2)17)8-15(16)18/h4,6-7,10,12-13H,5,8-9H2,1-3H3. The lowest BCUT2D eigenvalue weighted by Gasteiger charge is -2.31. The zero-order chi connectivity index (χ0) is 14.0. The Balaban J connectivity index is 2.00. The van der Waals surface area contributed by atoms with Gasteiger partial charge < -0.3 is 9.64 Å².